The Labute approximate surface area is 128 Å². The van der Waals surface area contributed by atoms with Crippen molar-refractivity contribution in [2.75, 3.05) is 17.3 Å². The molecule has 1 aliphatic rings. The fourth-order valence-electron chi connectivity index (χ4n) is 3.33. The third-order valence-electron chi connectivity index (χ3n) is 4.48. The standard InChI is InChI=1S/C16H26N2O2S/c1-11(2)12-7-4-5-8-13(12)18-14-9-6-10-15(16(14)17)21(3,19)20/h6,9-13,18H,4-5,7-8,17H2,1-3H3. The minimum atomic E-state index is -3.29. The van der Waals surface area contributed by atoms with E-state index in [2.05, 4.69) is 19.2 Å². The van der Waals surface area contributed by atoms with Crippen molar-refractivity contribution >= 4 is 21.2 Å². The molecule has 2 atom stereocenters. The van der Waals surface area contributed by atoms with E-state index < -0.39 is 9.84 Å². The summed E-state index contributed by atoms with van der Waals surface area (Å²) in [5, 5.41) is 3.50. The lowest BCUT2D eigenvalue weighted by molar-refractivity contribution is 0.254. The second-order valence-corrected chi connectivity index (χ2v) is 8.42. The summed E-state index contributed by atoms with van der Waals surface area (Å²) in [6, 6.07) is 5.56. The van der Waals surface area contributed by atoms with Crippen molar-refractivity contribution in [1.82, 2.24) is 0 Å². The average molecular weight is 310 g/mol. The summed E-state index contributed by atoms with van der Waals surface area (Å²) >= 11 is 0. The Morgan fingerprint density at radius 1 is 1.24 bits per heavy atom. The zero-order valence-corrected chi connectivity index (χ0v) is 13.9. The van der Waals surface area contributed by atoms with E-state index >= 15 is 0 Å². The molecule has 2 unspecified atom stereocenters. The molecule has 0 saturated heterocycles. The molecule has 3 N–H and O–H groups in total. The second kappa shape index (κ2) is 6.26. The Balaban J connectivity index is 2.27. The lowest BCUT2D eigenvalue weighted by Gasteiger charge is -2.36. The van der Waals surface area contributed by atoms with Gasteiger partial charge in [-0.15, -0.1) is 0 Å². The molecule has 0 aromatic heterocycles. The predicted octanol–water partition coefficient (Wildman–Crippen LogP) is 3.30. The van der Waals surface area contributed by atoms with Crippen LogP contribution in [0.1, 0.15) is 39.5 Å². The molecule has 0 spiro atoms. The van der Waals surface area contributed by atoms with Gasteiger partial charge in [-0.3, -0.25) is 0 Å². The van der Waals surface area contributed by atoms with Gasteiger partial charge in [0.1, 0.15) is 0 Å². The summed E-state index contributed by atoms with van der Waals surface area (Å²) in [5.74, 6) is 1.22. The zero-order chi connectivity index (χ0) is 15.6. The van der Waals surface area contributed by atoms with Gasteiger partial charge in [0.25, 0.3) is 0 Å². The highest BCUT2D eigenvalue weighted by Gasteiger charge is 2.28. The van der Waals surface area contributed by atoms with E-state index in [1.165, 1.54) is 25.5 Å². The van der Waals surface area contributed by atoms with E-state index in [1.54, 1.807) is 12.1 Å². The van der Waals surface area contributed by atoms with Gasteiger partial charge in [0, 0.05) is 12.3 Å². The number of nitrogens with one attached hydrogen (secondary N) is 1. The topological polar surface area (TPSA) is 72.2 Å². The molecule has 4 nitrogen and oxygen atoms in total. The first kappa shape index (κ1) is 16.1. The molecule has 2 rings (SSSR count). The number of para-hydroxylation sites is 1. The number of hydrogen-bond acceptors (Lipinski definition) is 4. The summed E-state index contributed by atoms with van der Waals surface area (Å²) in [7, 11) is -3.29. The summed E-state index contributed by atoms with van der Waals surface area (Å²) in [6.45, 7) is 4.50. The Hall–Kier alpha value is -1.23. The van der Waals surface area contributed by atoms with Crippen LogP contribution in [-0.4, -0.2) is 20.7 Å². The van der Waals surface area contributed by atoms with Crippen molar-refractivity contribution in [3.8, 4) is 0 Å². The Kier molecular flexibility index (Phi) is 4.81. The highest BCUT2D eigenvalue weighted by atomic mass is 32.2. The minimum absolute atomic E-state index is 0.212. The Morgan fingerprint density at radius 3 is 2.52 bits per heavy atom. The van der Waals surface area contributed by atoms with Gasteiger partial charge in [0.05, 0.1) is 16.3 Å². The van der Waals surface area contributed by atoms with E-state index in [1.807, 2.05) is 6.07 Å². The number of benzene rings is 1. The Bertz CT molecular complexity index is 596. The van der Waals surface area contributed by atoms with Crippen molar-refractivity contribution in [2.45, 2.75) is 50.5 Å². The van der Waals surface area contributed by atoms with E-state index in [0.717, 1.165) is 12.1 Å². The van der Waals surface area contributed by atoms with Gasteiger partial charge in [0.15, 0.2) is 9.84 Å². The highest BCUT2D eigenvalue weighted by molar-refractivity contribution is 7.90. The first-order valence-electron chi connectivity index (χ1n) is 7.65. The Morgan fingerprint density at radius 2 is 1.90 bits per heavy atom. The molecule has 1 aromatic carbocycles. The van der Waals surface area contributed by atoms with Crippen LogP contribution in [0, 0.1) is 11.8 Å². The van der Waals surface area contributed by atoms with Gasteiger partial charge >= 0.3 is 0 Å². The second-order valence-electron chi connectivity index (χ2n) is 6.43. The molecule has 0 bridgehead atoms. The zero-order valence-electron chi connectivity index (χ0n) is 13.1. The molecule has 0 heterocycles. The van der Waals surface area contributed by atoms with E-state index in [4.69, 9.17) is 5.73 Å². The maximum Gasteiger partial charge on any atom is 0.177 e. The van der Waals surface area contributed by atoms with E-state index in [0.29, 0.717) is 23.6 Å². The van der Waals surface area contributed by atoms with Crippen molar-refractivity contribution < 1.29 is 8.42 Å². The van der Waals surface area contributed by atoms with Gasteiger partial charge in [-0.05, 0) is 36.8 Å². The molecule has 21 heavy (non-hydrogen) atoms. The maximum absolute atomic E-state index is 11.8. The molecular weight excluding hydrogens is 284 g/mol. The smallest absolute Gasteiger partial charge is 0.177 e. The van der Waals surface area contributed by atoms with Crippen LogP contribution in [0.3, 0.4) is 0 Å². The van der Waals surface area contributed by atoms with Gasteiger partial charge in [-0.1, -0.05) is 32.8 Å². The molecule has 118 valence electrons. The normalized spacial score (nSPS) is 23.2. The first-order chi connectivity index (χ1) is 9.80. The fraction of sp³-hybridized carbons (Fsp3) is 0.625. The van der Waals surface area contributed by atoms with Crippen LogP contribution in [0.4, 0.5) is 11.4 Å². The number of anilines is 2. The lowest BCUT2D eigenvalue weighted by atomic mass is 9.78. The number of sulfone groups is 1. The van der Waals surface area contributed by atoms with Gasteiger partial charge in [-0.25, -0.2) is 8.42 Å². The van der Waals surface area contributed by atoms with Crippen LogP contribution >= 0.6 is 0 Å². The predicted molar refractivity (Wildman–Crippen MR) is 88.2 cm³/mol. The van der Waals surface area contributed by atoms with Gasteiger partial charge in [-0.2, -0.15) is 0 Å². The van der Waals surface area contributed by atoms with Gasteiger partial charge < -0.3 is 11.1 Å². The summed E-state index contributed by atoms with van der Waals surface area (Å²) < 4.78 is 23.5. The van der Waals surface area contributed by atoms with Crippen LogP contribution in [0.15, 0.2) is 23.1 Å². The molecule has 0 radical (unpaired) electrons. The molecule has 0 aliphatic heterocycles. The molecule has 1 aromatic rings. The molecule has 1 aliphatic carbocycles. The highest BCUT2D eigenvalue weighted by Crippen LogP contribution is 2.34. The lowest BCUT2D eigenvalue weighted by Crippen LogP contribution is -2.35. The summed E-state index contributed by atoms with van der Waals surface area (Å²) in [6.07, 6.45) is 6.03. The minimum Gasteiger partial charge on any atom is -0.396 e. The van der Waals surface area contributed by atoms with Crippen LogP contribution < -0.4 is 11.1 Å². The maximum atomic E-state index is 11.8. The summed E-state index contributed by atoms with van der Waals surface area (Å²) in [5.41, 5.74) is 7.15. The number of rotatable bonds is 4. The van der Waals surface area contributed by atoms with Crippen LogP contribution in [0.25, 0.3) is 0 Å². The molecule has 1 fully saturated rings. The quantitative estimate of drug-likeness (QED) is 0.837. The van der Waals surface area contributed by atoms with Crippen LogP contribution in [-0.2, 0) is 9.84 Å². The monoisotopic (exact) mass is 310 g/mol. The third-order valence-corrected chi connectivity index (χ3v) is 5.64. The first-order valence-corrected chi connectivity index (χ1v) is 9.55. The average Bonchev–Trinajstić information content (AvgIpc) is 2.40. The van der Waals surface area contributed by atoms with Gasteiger partial charge in [0.2, 0.25) is 0 Å². The van der Waals surface area contributed by atoms with E-state index in [9.17, 15) is 8.42 Å². The summed E-state index contributed by atoms with van der Waals surface area (Å²) in [4.78, 5) is 0.212. The number of nitrogen functional groups attached to an aromatic ring is 1. The molecule has 5 heteroatoms. The van der Waals surface area contributed by atoms with Crippen molar-refractivity contribution in [1.29, 1.82) is 0 Å². The van der Waals surface area contributed by atoms with Crippen LogP contribution in [0.5, 0.6) is 0 Å². The molecule has 0 amide bonds. The van der Waals surface area contributed by atoms with Crippen molar-refractivity contribution in [2.24, 2.45) is 11.8 Å². The van der Waals surface area contributed by atoms with Crippen molar-refractivity contribution in [3.05, 3.63) is 18.2 Å². The fourth-order valence-corrected chi connectivity index (χ4v) is 4.16. The largest absolute Gasteiger partial charge is 0.396 e. The molecule has 1 saturated carbocycles. The van der Waals surface area contributed by atoms with E-state index in [-0.39, 0.29) is 4.90 Å². The SMILES string of the molecule is CC(C)C1CCCCC1Nc1cccc(S(C)(=O)=O)c1N. The number of nitrogens with two attached hydrogens (primary N) is 1. The van der Waals surface area contributed by atoms with Crippen LogP contribution in [0.2, 0.25) is 0 Å². The third kappa shape index (κ3) is 3.70. The molecular formula is C16H26N2O2S. The van der Waals surface area contributed by atoms with Crippen molar-refractivity contribution in [3.63, 3.8) is 0 Å². The number of hydrogen-bond donors (Lipinski definition) is 2.